The van der Waals surface area contributed by atoms with E-state index in [2.05, 4.69) is 9.97 Å². The molecular formula is C13H11N3O2S. The summed E-state index contributed by atoms with van der Waals surface area (Å²) in [5, 5.41) is 11.3. The smallest absolute Gasteiger partial charge is 0.309 e. The van der Waals surface area contributed by atoms with E-state index in [0.29, 0.717) is 5.69 Å². The maximum Gasteiger partial charge on any atom is 0.309 e. The number of thiazole rings is 1. The van der Waals surface area contributed by atoms with Crippen LogP contribution in [0.1, 0.15) is 5.69 Å². The summed E-state index contributed by atoms with van der Waals surface area (Å²) < 4.78 is 1.96. The van der Waals surface area contributed by atoms with Gasteiger partial charge in [0.15, 0.2) is 0 Å². The number of carbonyl (C=O) groups is 1. The highest BCUT2D eigenvalue weighted by molar-refractivity contribution is 7.13. The van der Waals surface area contributed by atoms with Crippen LogP contribution in [0.15, 0.2) is 29.9 Å². The number of fused-ring (bicyclic) bond motifs is 1. The van der Waals surface area contributed by atoms with Crippen LogP contribution in [0.25, 0.3) is 21.6 Å². The molecule has 6 heteroatoms. The maximum atomic E-state index is 10.6. The normalized spacial score (nSPS) is 11.0. The van der Waals surface area contributed by atoms with Crippen molar-refractivity contribution in [2.24, 2.45) is 7.05 Å². The molecule has 0 aliphatic rings. The lowest BCUT2D eigenvalue weighted by Crippen LogP contribution is -1.99. The lowest BCUT2D eigenvalue weighted by molar-refractivity contribution is -0.136. The number of rotatable bonds is 3. The van der Waals surface area contributed by atoms with Gasteiger partial charge in [0, 0.05) is 18.0 Å². The Bertz CT molecular complexity index is 760. The third kappa shape index (κ3) is 2.22. The molecule has 0 radical (unpaired) electrons. The van der Waals surface area contributed by atoms with Gasteiger partial charge in [0.2, 0.25) is 0 Å². The van der Waals surface area contributed by atoms with Gasteiger partial charge < -0.3 is 9.67 Å². The molecule has 0 fully saturated rings. The molecule has 5 nitrogen and oxygen atoms in total. The predicted molar refractivity (Wildman–Crippen MR) is 73.2 cm³/mol. The van der Waals surface area contributed by atoms with Crippen molar-refractivity contribution in [1.29, 1.82) is 0 Å². The Morgan fingerprint density at radius 1 is 1.47 bits per heavy atom. The standard InChI is InChI=1S/C13H11N3O2S/c1-16-7-14-10-4-8(2-3-11(10)16)13-15-9(6-19-13)5-12(17)18/h2-4,6-7H,5H2,1H3,(H,17,18). The summed E-state index contributed by atoms with van der Waals surface area (Å²) in [6.07, 6.45) is 1.73. The van der Waals surface area contributed by atoms with Crippen molar-refractivity contribution in [3.8, 4) is 10.6 Å². The van der Waals surface area contributed by atoms with Crippen LogP contribution in [0.4, 0.5) is 0 Å². The van der Waals surface area contributed by atoms with Crippen molar-refractivity contribution < 1.29 is 9.90 Å². The Hall–Kier alpha value is -2.21. The van der Waals surface area contributed by atoms with Gasteiger partial charge in [0.05, 0.1) is 29.5 Å². The van der Waals surface area contributed by atoms with E-state index in [-0.39, 0.29) is 6.42 Å². The third-order valence-corrected chi connectivity index (χ3v) is 3.80. The highest BCUT2D eigenvalue weighted by Crippen LogP contribution is 2.26. The number of imidazole rings is 1. The number of carboxylic acid groups (broad SMARTS) is 1. The molecule has 0 aliphatic heterocycles. The summed E-state index contributed by atoms with van der Waals surface area (Å²) in [6, 6.07) is 5.95. The summed E-state index contributed by atoms with van der Waals surface area (Å²) in [6.45, 7) is 0. The first kappa shape index (κ1) is 11.9. The van der Waals surface area contributed by atoms with Crippen LogP contribution in [0.5, 0.6) is 0 Å². The van der Waals surface area contributed by atoms with Crippen LogP contribution >= 0.6 is 11.3 Å². The van der Waals surface area contributed by atoms with Crippen LogP contribution in [-0.4, -0.2) is 25.6 Å². The molecule has 1 aromatic carbocycles. The minimum Gasteiger partial charge on any atom is -0.481 e. The van der Waals surface area contributed by atoms with Crippen LogP contribution in [0.3, 0.4) is 0 Å². The van der Waals surface area contributed by atoms with Crippen molar-refractivity contribution in [2.75, 3.05) is 0 Å². The van der Waals surface area contributed by atoms with Crippen molar-refractivity contribution in [3.63, 3.8) is 0 Å². The fraction of sp³-hybridized carbons (Fsp3) is 0.154. The summed E-state index contributed by atoms with van der Waals surface area (Å²) in [5.41, 5.74) is 3.53. The lowest BCUT2D eigenvalue weighted by Gasteiger charge is -1.98. The molecule has 0 unspecified atom stereocenters. The summed E-state index contributed by atoms with van der Waals surface area (Å²) >= 11 is 1.45. The molecular weight excluding hydrogens is 262 g/mol. The highest BCUT2D eigenvalue weighted by Gasteiger charge is 2.09. The van der Waals surface area contributed by atoms with Gasteiger partial charge in [-0.3, -0.25) is 4.79 Å². The van der Waals surface area contributed by atoms with Crippen LogP contribution in [-0.2, 0) is 18.3 Å². The van der Waals surface area contributed by atoms with E-state index in [4.69, 9.17) is 5.11 Å². The first-order chi connectivity index (χ1) is 9.13. The number of aliphatic carboxylic acids is 1. The fourth-order valence-electron chi connectivity index (χ4n) is 1.94. The number of nitrogens with zero attached hydrogens (tertiary/aromatic N) is 3. The number of benzene rings is 1. The van der Waals surface area contributed by atoms with Gasteiger partial charge in [-0.05, 0) is 18.2 Å². The summed E-state index contributed by atoms with van der Waals surface area (Å²) in [5.74, 6) is -0.864. The highest BCUT2D eigenvalue weighted by atomic mass is 32.1. The van der Waals surface area contributed by atoms with E-state index in [9.17, 15) is 4.79 Å². The Labute approximate surface area is 113 Å². The quantitative estimate of drug-likeness (QED) is 0.795. The Morgan fingerprint density at radius 3 is 3.11 bits per heavy atom. The summed E-state index contributed by atoms with van der Waals surface area (Å²) in [7, 11) is 1.95. The Balaban J connectivity index is 1.99. The van der Waals surface area contributed by atoms with Gasteiger partial charge in [0.25, 0.3) is 0 Å². The number of hydrogen-bond donors (Lipinski definition) is 1. The number of aromatic nitrogens is 3. The molecule has 96 valence electrons. The molecule has 0 amide bonds. The maximum absolute atomic E-state index is 10.6. The molecule has 3 rings (SSSR count). The van der Waals surface area contributed by atoms with Crippen LogP contribution < -0.4 is 0 Å². The average molecular weight is 273 g/mol. The number of carboxylic acids is 1. The molecule has 0 atom stereocenters. The summed E-state index contributed by atoms with van der Waals surface area (Å²) in [4.78, 5) is 19.3. The van der Waals surface area contributed by atoms with E-state index < -0.39 is 5.97 Å². The largest absolute Gasteiger partial charge is 0.481 e. The minimum atomic E-state index is -0.864. The van der Waals surface area contributed by atoms with Crippen molar-refractivity contribution >= 4 is 28.3 Å². The van der Waals surface area contributed by atoms with Crippen molar-refractivity contribution in [1.82, 2.24) is 14.5 Å². The third-order valence-electron chi connectivity index (χ3n) is 2.86. The van der Waals surface area contributed by atoms with E-state index >= 15 is 0 Å². The molecule has 0 saturated heterocycles. The SMILES string of the molecule is Cn1cnc2cc(-c3nc(CC(=O)O)cs3)ccc21. The molecule has 0 aliphatic carbocycles. The van der Waals surface area contributed by atoms with Gasteiger partial charge in [-0.15, -0.1) is 11.3 Å². The lowest BCUT2D eigenvalue weighted by atomic mass is 10.2. The van der Waals surface area contributed by atoms with Gasteiger partial charge in [-0.1, -0.05) is 0 Å². The van der Waals surface area contributed by atoms with E-state index in [0.717, 1.165) is 21.6 Å². The first-order valence-electron chi connectivity index (χ1n) is 5.71. The first-order valence-corrected chi connectivity index (χ1v) is 6.59. The monoisotopic (exact) mass is 273 g/mol. The van der Waals surface area contributed by atoms with E-state index in [1.165, 1.54) is 11.3 Å². The van der Waals surface area contributed by atoms with Gasteiger partial charge in [-0.25, -0.2) is 9.97 Å². The minimum absolute atomic E-state index is 0.0394. The second-order valence-corrected chi connectivity index (χ2v) is 5.13. The van der Waals surface area contributed by atoms with Gasteiger partial charge in [-0.2, -0.15) is 0 Å². The molecule has 2 heterocycles. The average Bonchev–Trinajstić information content (AvgIpc) is 2.96. The predicted octanol–water partition coefficient (Wildman–Crippen LogP) is 2.32. The van der Waals surface area contributed by atoms with Crippen molar-refractivity contribution in [2.45, 2.75) is 6.42 Å². The van der Waals surface area contributed by atoms with E-state index in [1.54, 1.807) is 11.7 Å². The van der Waals surface area contributed by atoms with Crippen molar-refractivity contribution in [3.05, 3.63) is 35.6 Å². The van der Waals surface area contributed by atoms with Crippen LogP contribution in [0, 0.1) is 0 Å². The molecule has 2 aromatic heterocycles. The van der Waals surface area contributed by atoms with E-state index in [1.807, 2.05) is 29.8 Å². The Kier molecular flexibility index (Phi) is 2.79. The molecule has 1 N–H and O–H groups in total. The topological polar surface area (TPSA) is 68.0 Å². The molecule has 3 aromatic rings. The van der Waals surface area contributed by atoms with Crippen LogP contribution in [0.2, 0.25) is 0 Å². The Morgan fingerprint density at radius 2 is 2.32 bits per heavy atom. The zero-order valence-corrected chi connectivity index (χ0v) is 11.0. The van der Waals surface area contributed by atoms with Gasteiger partial charge >= 0.3 is 5.97 Å². The molecule has 19 heavy (non-hydrogen) atoms. The molecule has 0 spiro atoms. The molecule has 0 bridgehead atoms. The zero-order chi connectivity index (χ0) is 13.4. The second kappa shape index (κ2) is 4.47. The molecule has 0 saturated carbocycles. The fourth-order valence-corrected chi connectivity index (χ4v) is 2.76. The number of hydrogen-bond acceptors (Lipinski definition) is 4. The number of aryl methyl sites for hydroxylation is 1. The second-order valence-electron chi connectivity index (χ2n) is 4.27. The van der Waals surface area contributed by atoms with Gasteiger partial charge in [0.1, 0.15) is 5.01 Å². The zero-order valence-electron chi connectivity index (χ0n) is 10.2.